The van der Waals surface area contributed by atoms with E-state index in [9.17, 15) is 9.18 Å². The fourth-order valence-corrected chi connectivity index (χ4v) is 2.08. The molecule has 2 N–H and O–H groups in total. The van der Waals surface area contributed by atoms with E-state index in [-0.39, 0.29) is 5.82 Å². The Morgan fingerprint density at radius 2 is 2.05 bits per heavy atom. The fraction of sp³-hybridized carbons (Fsp3) is 0.0625. The van der Waals surface area contributed by atoms with Gasteiger partial charge >= 0.3 is 0 Å². The Kier molecular flexibility index (Phi) is 3.47. The Morgan fingerprint density at radius 3 is 2.63 bits per heavy atom. The third-order valence-corrected chi connectivity index (χ3v) is 3.13. The SMILES string of the molecule is C=Cc1ccc(-c2cccc(C(N)=O)c2C)cc1F. The first kappa shape index (κ1) is 13.0. The van der Waals surface area contributed by atoms with E-state index in [1.54, 1.807) is 31.2 Å². The van der Waals surface area contributed by atoms with E-state index in [0.717, 1.165) is 11.1 Å². The van der Waals surface area contributed by atoms with Crippen molar-refractivity contribution in [2.24, 2.45) is 5.73 Å². The van der Waals surface area contributed by atoms with E-state index in [1.807, 2.05) is 6.07 Å². The molecule has 0 aliphatic rings. The second kappa shape index (κ2) is 5.06. The summed E-state index contributed by atoms with van der Waals surface area (Å²) in [6, 6.07) is 10.1. The van der Waals surface area contributed by atoms with Gasteiger partial charge in [0.25, 0.3) is 0 Å². The van der Waals surface area contributed by atoms with Gasteiger partial charge in [-0.2, -0.15) is 0 Å². The van der Waals surface area contributed by atoms with Gasteiger partial charge in [0, 0.05) is 11.1 Å². The number of primary amides is 1. The average Bonchev–Trinajstić information content (AvgIpc) is 2.38. The van der Waals surface area contributed by atoms with Gasteiger partial charge in [-0.3, -0.25) is 4.79 Å². The molecule has 0 fully saturated rings. The smallest absolute Gasteiger partial charge is 0.248 e. The standard InChI is InChI=1S/C16H14FNO/c1-3-11-7-8-12(9-15(11)17)13-5-4-6-14(10(13)2)16(18)19/h3-9H,1H2,2H3,(H2,18,19). The van der Waals surface area contributed by atoms with Crippen molar-refractivity contribution in [3.8, 4) is 11.1 Å². The maximum absolute atomic E-state index is 13.8. The molecule has 0 heterocycles. The zero-order valence-corrected chi connectivity index (χ0v) is 10.6. The lowest BCUT2D eigenvalue weighted by Crippen LogP contribution is -2.12. The second-order valence-corrected chi connectivity index (χ2v) is 4.28. The molecule has 0 aromatic heterocycles. The van der Waals surface area contributed by atoms with Crippen LogP contribution in [-0.4, -0.2) is 5.91 Å². The highest BCUT2D eigenvalue weighted by molar-refractivity contribution is 5.96. The van der Waals surface area contributed by atoms with Crippen LogP contribution < -0.4 is 5.73 Å². The van der Waals surface area contributed by atoms with Crippen LogP contribution in [0.15, 0.2) is 43.0 Å². The summed E-state index contributed by atoms with van der Waals surface area (Å²) >= 11 is 0. The molecule has 0 saturated heterocycles. The van der Waals surface area contributed by atoms with Crippen molar-refractivity contribution in [3.63, 3.8) is 0 Å². The summed E-state index contributed by atoms with van der Waals surface area (Å²) in [5.74, 6) is -0.820. The van der Waals surface area contributed by atoms with Crippen LogP contribution in [-0.2, 0) is 0 Å². The molecule has 0 radical (unpaired) electrons. The van der Waals surface area contributed by atoms with E-state index in [1.165, 1.54) is 12.1 Å². The number of hydrogen-bond acceptors (Lipinski definition) is 1. The molecule has 0 aliphatic heterocycles. The molecule has 19 heavy (non-hydrogen) atoms. The predicted molar refractivity (Wildman–Crippen MR) is 75.2 cm³/mol. The van der Waals surface area contributed by atoms with Gasteiger partial charge < -0.3 is 5.73 Å². The van der Waals surface area contributed by atoms with Crippen molar-refractivity contribution in [2.75, 3.05) is 0 Å². The monoisotopic (exact) mass is 255 g/mol. The van der Waals surface area contributed by atoms with E-state index in [0.29, 0.717) is 16.7 Å². The normalized spacial score (nSPS) is 10.2. The van der Waals surface area contributed by atoms with Crippen molar-refractivity contribution in [1.82, 2.24) is 0 Å². The molecule has 1 amide bonds. The Hall–Kier alpha value is -2.42. The molecule has 2 aromatic rings. The van der Waals surface area contributed by atoms with Crippen LogP contribution in [0.3, 0.4) is 0 Å². The molecule has 0 aliphatic carbocycles. The second-order valence-electron chi connectivity index (χ2n) is 4.28. The van der Waals surface area contributed by atoms with Crippen molar-refractivity contribution < 1.29 is 9.18 Å². The fourth-order valence-electron chi connectivity index (χ4n) is 2.08. The molecule has 0 bridgehead atoms. The zero-order valence-electron chi connectivity index (χ0n) is 10.6. The molecular weight excluding hydrogens is 241 g/mol. The first-order chi connectivity index (χ1) is 9.04. The Balaban J connectivity index is 2.59. The van der Waals surface area contributed by atoms with Gasteiger partial charge in [-0.15, -0.1) is 0 Å². The maximum Gasteiger partial charge on any atom is 0.248 e. The molecule has 0 atom stereocenters. The van der Waals surface area contributed by atoms with Gasteiger partial charge in [0.1, 0.15) is 5.82 Å². The first-order valence-corrected chi connectivity index (χ1v) is 5.86. The molecule has 96 valence electrons. The minimum Gasteiger partial charge on any atom is -0.366 e. The molecule has 0 unspecified atom stereocenters. The summed E-state index contributed by atoms with van der Waals surface area (Å²) in [6.45, 7) is 5.35. The number of carbonyl (C=O) groups is 1. The van der Waals surface area contributed by atoms with Crippen molar-refractivity contribution in [1.29, 1.82) is 0 Å². The van der Waals surface area contributed by atoms with Crippen LogP contribution in [0.5, 0.6) is 0 Å². The van der Waals surface area contributed by atoms with E-state index in [2.05, 4.69) is 6.58 Å². The van der Waals surface area contributed by atoms with Crippen LogP contribution in [0, 0.1) is 12.7 Å². The van der Waals surface area contributed by atoms with Crippen molar-refractivity contribution >= 4 is 12.0 Å². The van der Waals surface area contributed by atoms with E-state index < -0.39 is 5.91 Å². The van der Waals surface area contributed by atoms with Gasteiger partial charge in [-0.1, -0.05) is 36.9 Å². The van der Waals surface area contributed by atoms with Crippen molar-refractivity contribution in [2.45, 2.75) is 6.92 Å². The molecule has 0 spiro atoms. The topological polar surface area (TPSA) is 43.1 Å². The van der Waals surface area contributed by atoms with E-state index in [4.69, 9.17) is 5.73 Å². The summed E-state index contributed by atoms with van der Waals surface area (Å²) in [5, 5.41) is 0. The molecular formula is C16H14FNO. The molecule has 2 nitrogen and oxygen atoms in total. The Bertz CT molecular complexity index is 662. The highest BCUT2D eigenvalue weighted by Gasteiger charge is 2.11. The lowest BCUT2D eigenvalue weighted by atomic mass is 9.95. The van der Waals surface area contributed by atoms with Crippen molar-refractivity contribution in [3.05, 3.63) is 65.5 Å². The number of hydrogen-bond donors (Lipinski definition) is 1. The van der Waals surface area contributed by atoms with Gasteiger partial charge in [0.2, 0.25) is 5.91 Å². The maximum atomic E-state index is 13.8. The van der Waals surface area contributed by atoms with Gasteiger partial charge in [-0.05, 0) is 35.7 Å². The predicted octanol–water partition coefficient (Wildman–Crippen LogP) is 3.54. The minimum atomic E-state index is -0.484. The number of nitrogens with two attached hydrogens (primary N) is 1. The average molecular weight is 255 g/mol. The van der Waals surface area contributed by atoms with E-state index >= 15 is 0 Å². The third kappa shape index (κ3) is 2.40. The Labute approximate surface area is 111 Å². The minimum absolute atomic E-state index is 0.337. The zero-order chi connectivity index (χ0) is 14.0. The number of carbonyl (C=O) groups excluding carboxylic acids is 1. The molecule has 2 rings (SSSR count). The number of amides is 1. The van der Waals surface area contributed by atoms with Gasteiger partial charge in [-0.25, -0.2) is 4.39 Å². The van der Waals surface area contributed by atoms with Crippen LogP contribution >= 0.6 is 0 Å². The highest BCUT2D eigenvalue weighted by atomic mass is 19.1. The third-order valence-electron chi connectivity index (χ3n) is 3.13. The first-order valence-electron chi connectivity index (χ1n) is 5.86. The lowest BCUT2D eigenvalue weighted by Gasteiger charge is -2.10. The van der Waals surface area contributed by atoms with Crippen LogP contribution in [0.1, 0.15) is 21.5 Å². The molecule has 2 aromatic carbocycles. The quantitative estimate of drug-likeness (QED) is 0.895. The number of rotatable bonds is 3. The Morgan fingerprint density at radius 1 is 1.32 bits per heavy atom. The van der Waals surface area contributed by atoms with Gasteiger partial charge in [0.15, 0.2) is 0 Å². The summed E-state index contributed by atoms with van der Waals surface area (Å²) in [6.07, 6.45) is 1.46. The largest absolute Gasteiger partial charge is 0.366 e. The molecule has 0 saturated carbocycles. The lowest BCUT2D eigenvalue weighted by molar-refractivity contribution is 0.1000. The number of benzene rings is 2. The summed E-state index contributed by atoms with van der Waals surface area (Å²) < 4.78 is 13.8. The van der Waals surface area contributed by atoms with Crippen LogP contribution in [0.2, 0.25) is 0 Å². The van der Waals surface area contributed by atoms with Gasteiger partial charge in [0.05, 0.1) is 0 Å². The van der Waals surface area contributed by atoms with Crippen LogP contribution in [0.4, 0.5) is 4.39 Å². The summed E-state index contributed by atoms with van der Waals surface area (Å²) in [5.41, 5.74) is 8.47. The van der Waals surface area contributed by atoms with Crippen LogP contribution in [0.25, 0.3) is 17.2 Å². The highest BCUT2D eigenvalue weighted by Crippen LogP contribution is 2.27. The number of halogens is 1. The summed E-state index contributed by atoms with van der Waals surface area (Å²) in [4.78, 5) is 11.3. The molecule has 3 heteroatoms. The summed E-state index contributed by atoms with van der Waals surface area (Å²) in [7, 11) is 0.